The van der Waals surface area contributed by atoms with Gasteiger partial charge in [-0.15, -0.1) is 0 Å². The minimum absolute atomic E-state index is 0.122. The molecule has 202 valence electrons. The second kappa shape index (κ2) is 10.3. The largest absolute Gasteiger partial charge is 0.487 e. The molecule has 6 rings (SSSR count). The van der Waals surface area contributed by atoms with Crippen molar-refractivity contribution in [3.05, 3.63) is 98.1 Å². The van der Waals surface area contributed by atoms with E-state index < -0.39 is 11.4 Å². The molecule has 2 aromatic heterocycles. The van der Waals surface area contributed by atoms with Crippen molar-refractivity contribution in [1.29, 1.82) is 0 Å². The molecule has 0 amide bonds. The van der Waals surface area contributed by atoms with Gasteiger partial charge in [-0.25, -0.2) is 14.1 Å². The molecule has 4 aromatic rings. The molecular formula is C29H25Cl3FN3O3. The highest BCUT2D eigenvalue weighted by atomic mass is 35.5. The highest BCUT2D eigenvalue weighted by Gasteiger charge is 2.46. The summed E-state index contributed by atoms with van der Waals surface area (Å²) in [5.41, 5.74) is 2.84. The fourth-order valence-corrected chi connectivity index (χ4v) is 6.36. The third-order valence-electron chi connectivity index (χ3n) is 7.53. The average Bonchev–Trinajstić information content (AvgIpc) is 3.65. The highest BCUT2D eigenvalue weighted by Crippen LogP contribution is 2.54. The van der Waals surface area contributed by atoms with Gasteiger partial charge in [0.15, 0.2) is 0 Å². The van der Waals surface area contributed by atoms with Gasteiger partial charge in [0.25, 0.3) is 0 Å². The van der Waals surface area contributed by atoms with E-state index in [0.29, 0.717) is 46.7 Å². The molecule has 6 nitrogen and oxygen atoms in total. The molecule has 2 fully saturated rings. The summed E-state index contributed by atoms with van der Waals surface area (Å²) in [7, 11) is 1.59. The molecular weight excluding hydrogens is 564 g/mol. The van der Waals surface area contributed by atoms with Crippen molar-refractivity contribution < 1.29 is 19.0 Å². The van der Waals surface area contributed by atoms with Gasteiger partial charge < -0.3 is 14.6 Å². The van der Waals surface area contributed by atoms with Gasteiger partial charge in [-0.1, -0.05) is 46.9 Å². The Morgan fingerprint density at radius 3 is 2.44 bits per heavy atom. The van der Waals surface area contributed by atoms with Crippen LogP contribution < -0.4 is 9.47 Å². The van der Waals surface area contributed by atoms with Crippen LogP contribution in [-0.2, 0) is 12.2 Å². The molecule has 0 saturated heterocycles. The van der Waals surface area contributed by atoms with Crippen LogP contribution in [0.3, 0.4) is 0 Å². The Labute approximate surface area is 240 Å². The predicted octanol–water partition coefficient (Wildman–Crippen LogP) is 7.60. The number of benzene rings is 2. The maximum absolute atomic E-state index is 13.8. The minimum atomic E-state index is -1.05. The van der Waals surface area contributed by atoms with E-state index in [1.54, 1.807) is 42.4 Å². The highest BCUT2D eigenvalue weighted by molar-refractivity contribution is 6.37. The molecule has 39 heavy (non-hydrogen) atoms. The van der Waals surface area contributed by atoms with Gasteiger partial charge in [0, 0.05) is 22.9 Å². The number of halogens is 4. The molecule has 2 saturated carbocycles. The predicted molar refractivity (Wildman–Crippen MR) is 148 cm³/mol. The first-order chi connectivity index (χ1) is 18.8. The number of methoxy groups -OCH3 is 1. The van der Waals surface area contributed by atoms with E-state index in [1.807, 2.05) is 12.1 Å². The van der Waals surface area contributed by atoms with Gasteiger partial charge in [-0.05, 0) is 67.9 Å². The molecule has 0 aliphatic heterocycles. The lowest BCUT2D eigenvalue weighted by Gasteiger charge is -2.44. The van der Waals surface area contributed by atoms with Crippen molar-refractivity contribution in [3.63, 3.8) is 0 Å². The van der Waals surface area contributed by atoms with Crippen LogP contribution in [0, 0.1) is 5.82 Å². The van der Waals surface area contributed by atoms with Gasteiger partial charge in [-0.2, -0.15) is 5.10 Å². The van der Waals surface area contributed by atoms with E-state index in [9.17, 15) is 9.50 Å². The number of rotatable bonds is 8. The molecule has 2 heterocycles. The third-order valence-corrected chi connectivity index (χ3v) is 8.42. The van der Waals surface area contributed by atoms with E-state index in [4.69, 9.17) is 44.3 Å². The molecule has 1 N–H and O–H groups in total. The van der Waals surface area contributed by atoms with Crippen LogP contribution in [0.1, 0.15) is 59.9 Å². The summed E-state index contributed by atoms with van der Waals surface area (Å²) in [6, 6.07) is 11.6. The Morgan fingerprint density at radius 2 is 1.77 bits per heavy atom. The van der Waals surface area contributed by atoms with Gasteiger partial charge in [-0.3, -0.25) is 0 Å². The number of hydrogen-bond donors (Lipinski definition) is 1. The van der Waals surface area contributed by atoms with Crippen LogP contribution in [0.15, 0.2) is 54.9 Å². The lowest BCUT2D eigenvalue weighted by Crippen LogP contribution is -2.40. The summed E-state index contributed by atoms with van der Waals surface area (Å²) >= 11 is 19.4. The molecule has 0 spiro atoms. The Bertz CT molecular complexity index is 1530. The lowest BCUT2D eigenvalue weighted by atomic mass is 9.65. The van der Waals surface area contributed by atoms with Gasteiger partial charge in [0.2, 0.25) is 5.88 Å². The molecule has 10 heteroatoms. The fraction of sp³-hybridized carbons (Fsp3) is 0.310. The maximum Gasteiger partial charge on any atom is 0.216 e. The first kappa shape index (κ1) is 26.4. The van der Waals surface area contributed by atoms with E-state index >= 15 is 0 Å². The number of aromatic nitrogens is 3. The first-order valence-corrected chi connectivity index (χ1v) is 13.8. The van der Waals surface area contributed by atoms with E-state index in [-0.39, 0.29) is 22.6 Å². The smallest absolute Gasteiger partial charge is 0.216 e. The quantitative estimate of drug-likeness (QED) is 0.230. The van der Waals surface area contributed by atoms with Crippen LogP contribution in [0.5, 0.6) is 11.6 Å². The third kappa shape index (κ3) is 4.97. The van der Waals surface area contributed by atoms with Gasteiger partial charge >= 0.3 is 0 Å². The summed E-state index contributed by atoms with van der Waals surface area (Å²) in [4.78, 5) is 4.27. The summed E-state index contributed by atoms with van der Waals surface area (Å²) in [6.07, 6.45) is 6.63. The van der Waals surface area contributed by atoms with Crippen LogP contribution >= 0.6 is 34.8 Å². The molecule has 0 atom stereocenters. The molecule has 2 aliphatic carbocycles. The van der Waals surface area contributed by atoms with Crippen molar-refractivity contribution >= 4 is 34.8 Å². The molecule has 0 unspecified atom stereocenters. The normalized spacial score (nSPS) is 20.5. The number of pyridine rings is 1. The summed E-state index contributed by atoms with van der Waals surface area (Å²) in [5.74, 6) is 1.11. The van der Waals surface area contributed by atoms with Crippen molar-refractivity contribution in [3.8, 4) is 17.3 Å². The van der Waals surface area contributed by atoms with E-state index in [2.05, 4.69) is 10.1 Å². The molecule has 2 aromatic carbocycles. The fourth-order valence-electron chi connectivity index (χ4n) is 5.39. The first-order valence-electron chi connectivity index (χ1n) is 12.6. The summed E-state index contributed by atoms with van der Waals surface area (Å²) < 4.78 is 26.9. The van der Waals surface area contributed by atoms with Crippen LogP contribution in [-0.4, -0.2) is 27.0 Å². The SMILES string of the molecule is COc1ncccc1C1CC(O)(c2ccc(OCc3c(C4CC4)cnn3-c3c(Cl)cc(F)cc3Cl)cc2Cl)C1. The Hall–Kier alpha value is -2.84. The maximum atomic E-state index is 13.8. The Kier molecular flexibility index (Phi) is 6.96. The Morgan fingerprint density at radius 1 is 1.03 bits per heavy atom. The number of hydrogen-bond acceptors (Lipinski definition) is 5. The summed E-state index contributed by atoms with van der Waals surface area (Å²) in [5, 5.41) is 16.6. The Balaban J connectivity index is 1.21. The van der Waals surface area contributed by atoms with E-state index in [0.717, 1.165) is 29.7 Å². The van der Waals surface area contributed by atoms with Crippen molar-refractivity contribution in [2.45, 2.75) is 49.7 Å². The van der Waals surface area contributed by atoms with Crippen molar-refractivity contribution in [2.75, 3.05) is 7.11 Å². The number of aliphatic hydroxyl groups is 1. The topological polar surface area (TPSA) is 69.4 Å². The second-order valence-electron chi connectivity index (χ2n) is 10.1. The minimum Gasteiger partial charge on any atom is -0.487 e. The van der Waals surface area contributed by atoms with Gasteiger partial charge in [0.1, 0.15) is 23.9 Å². The summed E-state index contributed by atoms with van der Waals surface area (Å²) in [6.45, 7) is 0.179. The van der Waals surface area contributed by atoms with E-state index in [1.165, 1.54) is 12.1 Å². The monoisotopic (exact) mass is 587 g/mol. The zero-order chi connectivity index (χ0) is 27.3. The van der Waals surface area contributed by atoms with Crippen molar-refractivity contribution in [1.82, 2.24) is 14.8 Å². The van der Waals surface area contributed by atoms with Crippen LogP contribution in [0.4, 0.5) is 4.39 Å². The van der Waals surface area contributed by atoms with Crippen LogP contribution in [0.25, 0.3) is 5.69 Å². The standard InChI is InChI=1S/C29H25Cl3FN3O3/c1-38-28-20(3-2-8-34-28)17-12-29(37,13-17)22-7-6-19(11-23(22)30)39-15-26-21(16-4-5-16)14-35-36(26)27-24(31)9-18(33)10-25(27)32/h2-3,6-11,14,16-17,37H,4-5,12-13,15H2,1H3. The second-order valence-corrected chi connectivity index (χ2v) is 11.3. The molecule has 0 bridgehead atoms. The van der Waals surface area contributed by atoms with Gasteiger partial charge in [0.05, 0.1) is 39.7 Å². The average molecular weight is 589 g/mol. The number of nitrogens with zero attached hydrogens (tertiary/aromatic N) is 3. The molecule has 0 radical (unpaired) electrons. The number of ether oxygens (including phenoxy) is 2. The zero-order valence-electron chi connectivity index (χ0n) is 21.0. The van der Waals surface area contributed by atoms with Crippen LogP contribution in [0.2, 0.25) is 15.1 Å². The molecule has 2 aliphatic rings. The zero-order valence-corrected chi connectivity index (χ0v) is 23.3. The van der Waals surface area contributed by atoms with Crippen molar-refractivity contribution in [2.24, 2.45) is 0 Å². The lowest BCUT2D eigenvalue weighted by molar-refractivity contribution is -0.0554.